The van der Waals surface area contributed by atoms with Gasteiger partial charge in [-0.3, -0.25) is 19.2 Å². The van der Waals surface area contributed by atoms with E-state index in [0.717, 1.165) is 41.7 Å². The summed E-state index contributed by atoms with van der Waals surface area (Å²) in [5.41, 5.74) is 6.17. The SMILES string of the molecule is CC(C)c1ccc(Cn2cc(C(=O)Nc3c[nH]c(=O)c(-c4cc5cc(CN6CCC(F)CC6)ccc5[nH]4)c3)cn2)cc1. The second-order valence-corrected chi connectivity index (χ2v) is 11.5. The van der Waals surface area contributed by atoms with E-state index in [0.29, 0.717) is 47.8 Å². The number of piperidine rings is 1. The number of amides is 1. The number of rotatable bonds is 8. The van der Waals surface area contributed by atoms with Crippen molar-refractivity contribution in [2.75, 3.05) is 18.4 Å². The molecule has 1 aliphatic heterocycles. The molecule has 4 heterocycles. The zero-order valence-corrected chi connectivity index (χ0v) is 23.9. The Balaban J connectivity index is 1.14. The molecule has 3 N–H and O–H groups in total. The topological polar surface area (TPSA) is 98.8 Å². The number of halogens is 1. The Morgan fingerprint density at radius 3 is 2.57 bits per heavy atom. The Labute approximate surface area is 243 Å². The van der Waals surface area contributed by atoms with Gasteiger partial charge in [-0.2, -0.15) is 5.10 Å². The molecular formula is C33H35FN6O2. The van der Waals surface area contributed by atoms with Crippen LogP contribution in [0.5, 0.6) is 0 Å². The molecule has 2 aromatic carbocycles. The molecule has 0 saturated carbocycles. The van der Waals surface area contributed by atoms with E-state index in [1.165, 1.54) is 11.8 Å². The Kier molecular flexibility index (Phi) is 7.75. The summed E-state index contributed by atoms with van der Waals surface area (Å²) in [4.78, 5) is 34.1. The van der Waals surface area contributed by atoms with Crippen molar-refractivity contribution in [3.05, 3.63) is 106 Å². The Morgan fingerprint density at radius 2 is 1.81 bits per heavy atom. The number of nitrogens with one attached hydrogen (secondary N) is 3. The van der Waals surface area contributed by atoms with Crippen molar-refractivity contribution in [2.45, 2.75) is 51.9 Å². The third-order valence-electron chi connectivity index (χ3n) is 7.95. The van der Waals surface area contributed by atoms with Crippen molar-refractivity contribution >= 4 is 22.5 Å². The highest BCUT2D eigenvalue weighted by molar-refractivity contribution is 6.04. The second kappa shape index (κ2) is 11.8. The van der Waals surface area contributed by atoms with Crippen molar-refractivity contribution < 1.29 is 9.18 Å². The molecular weight excluding hydrogens is 531 g/mol. The van der Waals surface area contributed by atoms with Gasteiger partial charge in [-0.25, -0.2) is 4.39 Å². The Hall–Kier alpha value is -4.50. The molecule has 0 bridgehead atoms. The molecule has 0 unspecified atom stereocenters. The number of fused-ring (bicyclic) bond motifs is 1. The molecule has 1 aliphatic rings. The maximum Gasteiger partial charge on any atom is 0.258 e. The first-order valence-electron chi connectivity index (χ1n) is 14.4. The van der Waals surface area contributed by atoms with Gasteiger partial charge in [0, 0.05) is 42.9 Å². The van der Waals surface area contributed by atoms with Crippen molar-refractivity contribution in [1.82, 2.24) is 24.6 Å². The zero-order chi connectivity index (χ0) is 29.2. The van der Waals surface area contributed by atoms with Gasteiger partial charge in [0.1, 0.15) is 6.17 Å². The van der Waals surface area contributed by atoms with Gasteiger partial charge in [-0.15, -0.1) is 0 Å². The fourth-order valence-electron chi connectivity index (χ4n) is 5.46. The first kappa shape index (κ1) is 27.7. The number of carbonyl (C=O) groups excluding carboxylic acids is 1. The van der Waals surface area contributed by atoms with Crippen LogP contribution in [0.15, 0.2) is 78.0 Å². The molecule has 5 aromatic rings. The van der Waals surface area contributed by atoms with E-state index < -0.39 is 6.17 Å². The molecule has 0 radical (unpaired) electrons. The minimum Gasteiger partial charge on any atom is -0.354 e. The third kappa shape index (κ3) is 6.21. The maximum absolute atomic E-state index is 13.5. The largest absolute Gasteiger partial charge is 0.354 e. The van der Waals surface area contributed by atoms with Crippen LogP contribution in [0.25, 0.3) is 22.2 Å². The summed E-state index contributed by atoms with van der Waals surface area (Å²) < 4.78 is 15.2. The summed E-state index contributed by atoms with van der Waals surface area (Å²) in [6.07, 6.45) is 5.23. The smallest absolute Gasteiger partial charge is 0.258 e. The van der Waals surface area contributed by atoms with Crippen molar-refractivity contribution in [1.29, 1.82) is 0 Å². The predicted octanol–water partition coefficient (Wildman–Crippen LogP) is 6.08. The van der Waals surface area contributed by atoms with Crippen molar-refractivity contribution in [2.24, 2.45) is 0 Å². The standard InChI is InChI=1S/C33H35FN6O2/c1-21(2)24-6-3-22(4-7-24)19-40-20-26(16-36-40)32(41)37-28-15-29(33(42)35-17-28)31-14-25-13-23(5-8-30(25)38-31)18-39-11-9-27(34)10-12-39/h3-8,13-17,20-21,27,38H,9-12,18-19H2,1-2H3,(H,35,42)(H,37,41). The molecule has 9 heteroatoms. The lowest BCUT2D eigenvalue weighted by Gasteiger charge is -2.28. The highest BCUT2D eigenvalue weighted by atomic mass is 19.1. The number of alkyl halides is 1. The second-order valence-electron chi connectivity index (χ2n) is 11.5. The number of H-pyrrole nitrogens is 2. The zero-order valence-electron chi connectivity index (χ0n) is 23.9. The normalized spacial score (nSPS) is 14.6. The van der Waals surface area contributed by atoms with Crippen LogP contribution >= 0.6 is 0 Å². The summed E-state index contributed by atoms with van der Waals surface area (Å²) >= 11 is 0. The first-order chi connectivity index (χ1) is 20.3. The molecule has 0 spiro atoms. The summed E-state index contributed by atoms with van der Waals surface area (Å²) in [6, 6.07) is 18.2. The number of benzene rings is 2. The number of likely N-dealkylation sites (tertiary alicyclic amines) is 1. The summed E-state index contributed by atoms with van der Waals surface area (Å²) in [5, 5.41) is 8.22. The Morgan fingerprint density at radius 1 is 1.05 bits per heavy atom. The van der Waals surface area contributed by atoms with Crippen LogP contribution in [0.1, 0.15) is 59.7 Å². The van der Waals surface area contributed by atoms with Gasteiger partial charge >= 0.3 is 0 Å². The minimum atomic E-state index is -0.690. The van der Waals surface area contributed by atoms with Crippen LogP contribution in [0.2, 0.25) is 0 Å². The lowest BCUT2D eigenvalue weighted by molar-refractivity contribution is 0.102. The number of hydrogen-bond acceptors (Lipinski definition) is 4. The van der Waals surface area contributed by atoms with Gasteiger partial charge < -0.3 is 15.3 Å². The van der Waals surface area contributed by atoms with Crippen molar-refractivity contribution in [3.63, 3.8) is 0 Å². The number of aromatic nitrogens is 4. The van der Waals surface area contributed by atoms with Crippen LogP contribution < -0.4 is 10.9 Å². The van der Waals surface area contributed by atoms with E-state index >= 15 is 0 Å². The third-order valence-corrected chi connectivity index (χ3v) is 7.95. The molecule has 1 fully saturated rings. The number of carbonyl (C=O) groups is 1. The van der Waals surface area contributed by atoms with Crippen LogP contribution in [0.3, 0.4) is 0 Å². The number of aromatic amines is 2. The van der Waals surface area contributed by atoms with Gasteiger partial charge in [0.25, 0.3) is 11.5 Å². The van der Waals surface area contributed by atoms with E-state index in [1.54, 1.807) is 23.1 Å². The average molecular weight is 567 g/mol. The van der Waals surface area contributed by atoms with E-state index in [-0.39, 0.29) is 11.5 Å². The van der Waals surface area contributed by atoms with Gasteiger partial charge in [0.2, 0.25) is 0 Å². The van der Waals surface area contributed by atoms with E-state index in [2.05, 4.69) is 75.5 Å². The average Bonchev–Trinajstić information content (AvgIpc) is 3.63. The minimum absolute atomic E-state index is 0.259. The summed E-state index contributed by atoms with van der Waals surface area (Å²) in [5.74, 6) is 0.159. The van der Waals surface area contributed by atoms with Gasteiger partial charge in [-0.05, 0) is 59.7 Å². The van der Waals surface area contributed by atoms with E-state index in [9.17, 15) is 14.0 Å². The van der Waals surface area contributed by atoms with Gasteiger partial charge in [0.05, 0.1) is 35.2 Å². The Bertz CT molecular complexity index is 1760. The van der Waals surface area contributed by atoms with Crippen LogP contribution in [0, 0.1) is 0 Å². The van der Waals surface area contributed by atoms with Crippen molar-refractivity contribution in [3.8, 4) is 11.3 Å². The molecule has 216 valence electrons. The monoisotopic (exact) mass is 566 g/mol. The maximum atomic E-state index is 13.5. The quantitative estimate of drug-likeness (QED) is 0.212. The molecule has 8 nitrogen and oxygen atoms in total. The lowest BCUT2D eigenvalue weighted by atomic mass is 10.0. The van der Waals surface area contributed by atoms with E-state index in [1.807, 2.05) is 12.1 Å². The predicted molar refractivity (Wildman–Crippen MR) is 164 cm³/mol. The van der Waals surface area contributed by atoms with Gasteiger partial charge in [0.15, 0.2) is 0 Å². The van der Waals surface area contributed by atoms with Crippen LogP contribution in [-0.4, -0.2) is 49.8 Å². The summed E-state index contributed by atoms with van der Waals surface area (Å²) in [6.45, 7) is 7.18. The lowest BCUT2D eigenvalue weighted by Crippen LogP contribution is -2.33. The number of anilines is 1. The molecule has 1 amide bonds. The number of nitrogens with zero attached hydrogens (tertiary/aromatic N) is 3. The van der Waals surface area contributed by atoms with Gasteiger partial charge in [-0.1, -0.05) is 44.2 Å². The number of pyridine rings is 1. The number of hydrogen-bond donors (Lipinski definition) is 3. The highest BCUT2D eigenvalue weighted by Crippen LogP contribution is 2.26. The molecule has 0 atom stereocenters. The molecule has 3 aromatic heterocycles. The summed E-state index contributed by atoms with van der Waals surface area (Å²) in [7, 11) is 0. The fourth-order valence-corrected chi connectivity index (χ4v) is 5.46. The first-order valence-corrected chi connectivity index (χ1v) is 14.4. The molecule has 6 rings (SSSR count). The molecule has 42 heavy (non-hydrogen) atoms. The van der Waals surface area contributed by atoms with Crippen LogP contribution in [-0.2, 0) is 13.1 Å². The molecule has 1 saturated heterocycles. The molecule has 0 aliphatic carbocycles. The van der Waals surface area contributed by atoms with Crippen LogP contribution in [0.4, 0.5) is 10.1 Å². The fraction of sp³-hybridized carbons (Fsp3) is 0.303. The highest BCUT2D eigenvalue weighted by Gasteiger charge is 2.19. The van der Waals surface area contributed by atoms with E-state index in [4.69, 9.17) is 0 Å².